The molecule has 5 rings (SSSR count). The number of anilines is 4. The lowest BCUT2D eigenvalue weighted by atomic mass is 10.2. The smallest absolute Gasteiger partial charge is 0.0384 e. The molecule has 0 atom stereocenters. The van der Waals surface area contributed by atoms with Crippen molar-refractivity contribution in [2.75, 3.05) is 30.0 Å². The van der Waals surface area contributed by atoms with Gasteiger partial charge >= 0.3 is 0 Å². The maximum absolute atomic E-state index is 5.43. The van der Waals surface area contributed by atoms with E-state index in [1.165, 1.54) is 16.8 Å². The number of nitrogen functional groups attached to an aromatic ring is 1. The van der Waals surface area contributed by atoms with Crippen LogP contribution < -0.4 is 21.7 Å². The number of rotatable bonds is 4. The minimum Gasteiger partial charge on any atom is -0.399 e. The molecule has 0 aliphatic rings. The summed E-state index contributed by atoms with van der Waals surface area (Å²) in [6.45, 7) is 2.68. The Kier molecular flexibility index (Phi) is 13.9. The number of hydrogen-bond donors (Lipinski definition) is 3. The largest absolute Gasteiger partial charge is 0.399 e. The van der Waals surface area contributed by atoms with Gasteiger partial charge in [-0.1, -0.05) is 103 Å². The zero-order chi connectivity index (χ0) is 27.4. The third-order valence-corrected chi connectivity index (χ3v) is 5.26. The highest BCUT2D eigenvalue weighted by atomic mass is 15.1. The van der Waals surface area contributed by atoms with Crippen molar-refractivity contribution in [1.82, 2.24) is 0 Å². The van der Waals surface area contributed by atoms with E-state index in [1.54, 1.807) is 0 Å². The van der Waals surface area contributed by atoms with Crippen LogP contribution in [0.3, 0.4) is 0 Å². The number of nitrogens with zero attached hydrogens (tertiary/aromatic N) is 1. The minimum absolute atomic E-state index is 0.640. The SMILES string of the molecule is CN(C)c1ccccc1.Cc1ccc(N)cc1.NCc1ccccc1.c1ccc(Nc2ccccc2)cc1. The normalized spacial score (nSPS) is 9.26. The highest BCUT2D eigenvalue weighted by molar-refractivity contribution is 5.58. The van der Waals surface area contributed by atoms with Crippen LogP contribution in [-0.2, 0) is 6.54 Å². The molecule has 0 radical (unpaired) electrons. The fourth-order valence-electron chi connectivity index (χ4n) is 3.12. The molecular formula is C34H40N4. The third kappa shape index (κ3) is 13.0. The third-order valence-electron chi connectivity index (χ3n) is 5.26. The Morgan fingerprint density at radius 3 is 1.26 bits per heavy atom. The lowest BCUT2D eigenvalue weighted by Crippen LogP contribution is -2.07. The highest BCUT2D eigenvalue weighted by Crippen LogP contribution is 2.14. The molecule has 4 heteroatoms. The standard InChI is InChI=1S/C12H11N.C8H11N.2C7H9N/c1-3-7-11(8-4-1)13-12-9-5-2-6-10-12;1-9(2)8-6-4-3-5-7-8;1-6-2-4-7(8)5-3-6;8-6-7-4-2-1-3-5-7/h1-10,13H;3-7H,1-2H3;2-5H,8H2,1H3;1-5H,6,8H2. The van der Waals surface area contributed by atoms with Crippen LogP contribution in [0.15, 0.2) is 146 Å². The van der Waals surface area contributed by atoms with Crippen molar-refractivity contribution in [2.45, 2.75) is 13.5 Å². The van der Waals surface area contributed by atoms with Crippen LogP contribution in [0.25, 0.3) is 0 Å². The zero-order valence-electron chi connectivity index (χ0n) is 22.7. The Balaban J connectivity index is 0.000000182. The zero-order valence-corrected chi connectivity index (χ0v) is 22.7. The number of nitrogens with two attached hydrogens (primary N) is 2. The van der Waals surface area contributed by atoms with Crippen molar-refractivity contribution in [1.29, 1.82) is 0 Å². The van der Waals surface area contributed by atoms with E-state index in [0.717, 1.165) is 17.1 Å². The first-order valence-electron chi connectivity index (χ1n) is 12.6. The first kappa shape index (κ1) is 29.7. The molecule has 0 saturated carbocycles. The van der Waals surface area contributed by atoms with Crippen LogP contribution >= 0.6 is 0 Å². The first-order valence-corrected chi connectivity index (χ1v) is 12.6. The summed E-state index contributed by atoms with van der Waals surface area (Å²) < 4.78 is 0. The molecule has 0 heterocycles. The molecule has 0 spiro atoms. The van der Waals surface area contributed by atoms with E-state index in [4.69, 9.17) is 11.5 Å². The van der Waals surface area contributed by atoms with Crippen molar-refractivity contribution in [2.24, 2.45) is 5.73 Å². The summed E-state index contributed by atoms with van der Waals surface area (Å²) in [7, 11) is 4.07. The van der Waals surface area contributed by atoms with Crippen LogP contribution in [0, 0.1) is 6.92 Å². The Morgan fingerprint density at radius 1 is 0.553 bits per heavy atom. The molecule has 5 aromatic rings. The number of nitrogens with one attached hydrogen (secondary N) is 1. The van der Waals surface area contributed by atoms with Crippen molar-refractivity contribution in [3.8, 4) is 0 Å². The maximum atomic E-state index is 5.43. The second-order valence-electron chi connectivity index (χ2n) is 8.69. The van der Waals surface area contributed by atoms with Crippen LogP contribution in [0.5, 0.6) is 0 Å². The van der Waals surface area contributed by atoms with Crippen molar-refractivity contribution >= 4 is 22.7 Å². The van der Waals surface area contributed by atoms with Gasteiger partial charge in [-0.15, -0.1) is 0 Å². The van der Waals surface area contributed by atoms with E-state index >= 15 is 0 Å². The maximum Gasteiger partial charge on any atom is 0.0384 e. The van der Waals surface area contributed by atoms with E-state index in [1.807, 2.05) is 154 Å². The van der Waals surface area contributed by atoms with E-state index in [9.17, 15) is 0 Å². The minimum atomic E-state index is 0.640. The molecular weight excluding hydrogens is 464 g/mol. The van der Waals surface area contributed by atoms with Gasteiger partial charge in [0.05, 0.1) is 0 Å². The van der Waals surface area contributed by atoms with Gasteiger partial charge in [-0.2, -0.15) is 0 Å². The molecule has 5 N–H and O–H groups in total. The van der Waals surface area contributed by atoms with Crippen molar-refractivity contribution < 1.29 is 0 Å². The summed E-state index contributed by atoms with van der Waals surface area (Å²) >= 11 is 0. The Labute approximate surface area is 228 Å². The van der Waals surface area contributed by atoms with Crippen LogP contribution in [0.2, 0.25) is 0 Å². The summed E-state index contributed by atoms with van der Waals surface area (Å²) in [5.74, 6) is 0. The molecule has 0 fully saturated rings. The topological polar surface area (TPSA) is 67.3 Å². The number of benzene rings is 5. The van der Waals surface area contributed by atoms with E-state index < -0.39 is 0 Å². The summed E-state index contributed by atoms with van der Waals surface area (Å²) in [5, 5.41) is 3.30. The molecule has 38 heavy (non-hydrogen) atoms. The van der Waals surface area contributed by atoms with Gasteiger partial charge < -0.3 is 21.7 Å². The number of hydrogen-bond acceptors (Lipinski definition) is 4. The molecule has 0 aliphatic heterocycles. The van der Waals surface area contributed by atoms with Gasteiger partial charge in [0.2, 0.25) is 0 Å². The molecule has 0 saturated heterocycles. The highest BCUT2D eigenvalue weighted by Gasteiger charge is 1.90. The molecule has 0 bridgehead atoms. The van der Waals surface area contributed by atoms with Crippen molar-refractivity contribution in [3.63, 3.8) is 0 Å². The van der Waals surface area contributed by atoms with Crippen LogP contribution in [0.1, 0.15) is 11.1 Å². The van der Waals surface area contributed by atoms with E-state index in [0.29, 0.717) is 6.54 Å². The molecule has 5 aromatic carbocycles. The molecule has 0 aromatic heterocycles. The summed E-state index contributed by atoms with van der Waals surface area (Å²) in [6.07, 6.45) is 0. The molecule has 196 valence electrons. The summed E-state index contributed by atoms with van der Waals surface area (Å²) in [5.41, 5.74) is 17.5. The second-order valence-corrected chi connectivity index (χ2v) is 8.69. The first-order chi connectivity index (χ1) is 18.5. The summed E-state index contributed by atoms with van der Waals surface area (Å²) in [4.78, 5) is 2.08. The fourth-order valence-corrected chi connectivity index (χ4v) is 3.12. The van der Waals surface area contributed by atoms with Gasteiger partial charge in [-0.3, -0.25) is 0 Å². The second kappa shape index (κ2) is 17.8. The summed E-state index contributed by atoms with van der Waals surface area (Å²) in [6, 6.07) is 48.3. The lowest BCUT2D eigenvalue weighted by molar-refractivity contribution is 1.07. The van der Waals surface area contributed by atoms with E-state index in [-0.39, 0.29) is 0 Å². The fraction of sp³-hybridized carbons (Fsp3) is 0.118. The van der Waals surface area contributed by atoms with E-state index in [2.05, 4.69) is 22.3 Å². The Hall–Kier alpha value is -4.54. The number of para-hydroxylation sites is 3. The Morgan fingerprint density at radius 2 is 0.947 bits per heavy atom. The monoisotopic (exact) mass is 504 g/mol. The predicted octanol–water partition coefficient (Wildman–Crippen LogP) is 7.91. The average Bonchev–Trinajstić information content (AvgIpc) is 2.98. The van der Waals surface area contributed by atoms with Crippen molar-refractivity contribution in [3.05, 3.63) is 157 Å². The molecule has 0 unspecified atom stereocenters. The Bertz CT molecular complexity index is 1170. The van der Waals surface area contributed by atoms with Gasteiger partial charge in [0.15, 0.2) is 0 Å². The average molecular weight is 505 g/mol. The van der Waals surface area contributed by atoms with Crippen LogP contribution in [-0.4, -0.2) is 14.1 Å². The van der Waals surface area contributed by atoms with Gasteiger partial charge in [0.25, 0.3) is 0 Å². The quantitative estimate of drug-likeness (QED) is 0.218. The van der Waals surface area contributed by atoms with Gasteiger partial charge in [-0.25, -0.2) is 0 Å². The molecule has 0 amide bonds. The van der Waals surface area contributed by atoms with Gasteiger partial charge in [0.1, 0.15) is 0 Å². The van der Waals surface area contributed by atoms with Gasteiger partial charge in [-0.05, 0) is 61.0 Å². The molecule has 0 aliphatic carbocycles. The lowest BCUT2D eigenvalue weighted by Gasteiger charge is -2.10. The molecule has 4 nitrogen and oxygen atoms in total. The van der Waals surface area contributed by atoms with Gasteiger partial charge in [0, 0.05) is 43.4 Å². The van der Waals surface area contributed by atoms with Crippen LogP contribution in [0.4, 0.5) is 22.7 Å². The predicted molar refractivity (Wildman–Crippen MR) is 167 cm³/mol. The number of aryl methyl sites for hydroxylation is 1.